The van der Waals surface area contributed by atoms with E-state index in [1.54, 1.807) is 0 Å². The van der Waals surface area contributed by atoms with E-state index in [0.717, 1.165) is 0 Å². The molecule has 0 radical (unpaired) electrons. The molecule has 0 fully saturated rings. The zero-order valence-electron chi connectivity index (χ0n) is 9.45. The minimum absolute atomic E-state index is 0.0312. The fourth-order valence-corrected chi connectivity index (χ4v) is 1.09. The van der Waals surface area contributed by atoms with Gasteiger partial charge in [-0.15, -0.1) is 0 Å². The minimum atomic E-state index is -0.708. The van der Waals surface area contributed by atoms with Crippen molar-refractivity contribution in [3.63, 3.8) is 0 Å². The van der Waals surface area contributed by atoms with Crippen LogP contribution < -0.4 is 5.32 Å². The lowest BCUT2D eigenvalue weighted by Crippen LogP contribution is -2.61. The molecule has 0 aromatic rings. The zero-order valence-corrected chi connectivity index (χ0v) is 9.45. The Morgan fingerprint density at radius 2 is 1.17 bits per heavy atom. The Labute approximate surface area is 76.4 Å². The Morgan fingerprint density at radius 1 is 0.833 bits per heavy atom. The molecule has 0 rings (SSSR count). The molecule has 0 spiro atoms. The Hall–Kier alpha value is -0.0800. The summed E-state index contributed by atoms with van der Waals surface area (Å²) in [4.78, 5) is 0. The summed E-state index contributed by atoms with van der Waals surface area (Å²) in [6.07, 6.45) is 0. The molecule has 0 atom stereocenters. The van der Waals surface area contributed by atoms with E-state index in [9.17, 15) is 5.11 Å². The highest BCUT2D eigenvalue weighted by Crippen LogP contribution is 2.23. The third kappa shape index (κ3) is 3.55. The molecular formula is C10H23NO. The first kappa shape index (κ1) is 11.9. The lowest BCUT2D eigenvalue weighted by atomic mass is 9.84. The molecule has 0 amide bonds. The van der Waals surface area contributed by atoms with Gasteiger partial charge in [-0.2, -0.15) is 0 Å². The number of hydrogen-bond acceptors (Lipinski definition) is 2. The van der Waals surface area contributed by atoms with Crippen LogP contribution in [-0.2, 0) is 0 Å². The van der Waals surface area contributed by atoms with Crippen LogP contribution in [0.15, 0.2) is 0 Å². The van der Waals surface area contributed by atoms with Crippen molar-refractivity contribution in [1.82, 2.24) is 5.32 Å². The van der Waals surface area contributed by atoms with Crippen LogP contribution in [0.25, 0.3) is 0 Å². The zero-order chi connectivity index (χ0) is 10.2. The van der Waals surface area contributed by atoms with E-state index >= 15 is 0 Å². The molecule has 0 bridgehead atoms. The first-order valence-corrected chi connectivity index (χ1v) is 4.47. The summed E-state index contributed by atoms with van der Waals surface area (Å²) in [6, 6.07) is 0. The molecule has 2 N–H and O–H groups in total. The monoisotopic (exact) mass is 173 g/mol. The number of hydrogen-bond donors (Lipinski definition) is 2. The molecule has 2 heteroatoms. The van der Waals surface area contributed by atoms with E-state index in [0.29, 0.717) is 0 Å². The third-order valence-corrected chi connectivity index (χ3v) is 2.22. The van der Waals surface area contributed by atoms with E-state index in [-0.39, 0.29) is 11.1 Å². The molecule has 0 saturated carbocycles. The van der Waals surface area contributed by atoms with E-state index in [1.165, 1.54) is 0 Å². The van der Waals surface area contributed by atoms with E-state index in [1.807, 2.05) is 27.7 Å². The SMILES string of the molecule is CC(C)(C)NC(C)(C)C(C)(C)O. The standard InChI is InChI=1S/C10H23NO/c1-8(2,3)11-9(4,5)10(6,7)12/h11-12H,1-7H3. The van der Waals surface area contributed by atoms with Crippen LogP contribution in [-0.4, -0.2) is 21.8 Å². The van der Waals surface area contributed by atoms with Gasteiger partial charge in [0.15, 0.2) is 0 Å². The molecule has 0 heterocycles. The minimum Gasteiger partial charge on any atom is -0.389 e. The topological polar surface area (TPSA) is 32.3 Å². The first-order valence-electron chi connectivity index (χ1n) is 4.47. The van der Waals surface area contributed by atoms with Crippen molar-refractivity contribution in [2.45, 2.75) is 65.1 Å². The lowest BCUT2D eigenvalue weighted by molar-refractivity contribution is -0.0158. The highest BCUT2D eigenvalue weighted by Gasteiger charge is 2.37. The summed E-state index contributed by atoms with van der Waals surface area (Å²) in [7, 11) is 0. The van der Waals surface area contributed by atoms with Crippen LogP contribution in [0.1, 0.15) is 48.5 Å². The molecule has 0 aliphatic carbocycles. The van der Waals surface area contributed by atoms with Crippen molar-refractivity contribution in [3.05, 3.63) is 0 Å². The van der Waals surface area contributed by atoms with Crippen LogP contribution in [0.3, 0.4) is 0 Å². The highest BCUT2D eigenvalue weighted by molar-refractivity contribution is 4.96. The second kappa shape index (κ2) is 3.00. The largest absolute Gasteiger partial charge is 0.389 e. The fourth-order valence-electron chi connectivity index (χ4n) is 1.09. The van der Waals surface area contributed by atoms with Crippen molar-refractivity contribution in [2.24, 2.45) is 0 Å². The molecule has 0 aliphatic heterocycles. The second-order valence-corrected chi connectivity index (χ2v) is 5.56. The maximum atomic E-state index is 9.85. The summed E-state index contributed by atoms with van der Waals surface area (Å²) >= 11 is 0. The summed E-state index contributed by atoms with van der Waals surface area (Å²) in [5.41, 5.74) is -0.949. The Balaban J connectivity index is 4.44. The van der Waals surface area contributed by atoms with E-state index in [2.05, 4.69) is 26.1 Å². The Kier molecular flexibility index (Phi) is 2.98. The Morgan fingerprint density at radius 3 is 1.25 bits per heavy atom. The fraction of sp³-hybridized carbons (Fsp3) is 1.00. The number of nitrogens with one attached hydrogen (secondary N) is 1. The molecule has 12 heavy (non-hydrogen) atoms. The average Bonchev–Trinajstić information content (AvgIpc) is 1.52. The van der Waals surface area contributed by atoms with Crippen molar-refractivity contribution in [3.8, 4) is 0 Å². The van der Waals surface area contributed by atoms with Crippen LogP contribution >= 0.6 is 0 Å². The number of rotatable bonds is 2. The van der Waals surface area contributed by atoms with Crippen molar-refractivity contribution >= 4 is 0 Å². The van der Waals surface area contributed by atoms with Crippen LogP contribution in [0.5, 0.6) is 0 Å². The van der Waals surface area contributed by atoms with Crippen LogP contribution in [0.2, 0.25) is 0 Å². The van der Waals surface area contributed by atoms with Gasteiger partial charge in [0.1, 0.15) is 0 Å². The third-order valence-electron chi connectivity index (χ3n) is 2.22. The van der Waals surface area contributed by atoms with Gasteiger partial charge >= 0.3 is 0 Å². The normalized spacial score (nSPS) is 15.0. The average molecular weight is 173 g/mol. The predicted molar refractivity (Wildman–Crippen MR) is 53.3 cm³/mol. The maximum Gasteiger partial charge on any atom is 0.0767 e. The first-order chi connectivity index (χ1) is 4.96. The van der Waals surface area contributed by atoms with Gasteiger partial charge in [0.2, 0.25) is 0 Å². The van der Waals surface area contributed by atoms with Crippen LogP contribution in [0, 0.1) is 0 Å². The highest BCUT2D eigenvalue weighted by atomic mass is 16.3. The molecule has 0 saturated heterocycles. The van der Waals surface area contributed by atoms with E-state index < -0.39 is 5.60 Å². The molecule has 2 nitrogen and oxygen atoms in total. The van der Waals surface area contributed by atoms with Crippen LogP contribution in [0.4, 0.5) is 0 Å². The van der Waals surface area contributed by atoms with Gasteiger partial charge in [0, 0.05) is 11.1 Å². The quantitative estimate of drug-likeness (QED) is 0.668. The van der Waals surface area contributed by atoms with Gasteiger partial charge in [0.05, 0.1) is 5.60 Å². The number of aliphatic hydroxyl groups is 1. The van der Waals surface area contributed by atoms with Gasteiger partial charge in [-0.3, -0.25) is 0 Å². The molecule has 0 aromatic heterocycles. The van der Waals surface area contributed by atoms with Crippen molar-refractivity contribution < 1.29 is 5.11 Å². The van der Waals surface area contributed by atoms with Crippen molar-refractivity contribution in [2.75, 3.05) is 0 Å². The van der Waals surface area contributed by atoms with Gasteiger partial charge in [0.25, 0.3) is 0 Å². The predicted octanol–water partition coefficient (Wildman–Crippen LogP) is 1.92. The molecular weight excluding hydrogens is 150 g/mol. The maximum absolute atomic E-state index is 9.85. The van der Waals surface area contributed by atoms with Gasteiger partial charge in [-0.25, -0.2) is 0 Å². The molecule has 0 aromatic carbocycles. The summed E-state index contributed by atoms with van der Waals surface area (Å²) in [6.45, 7) is 14.0. The Bertz CT molecular complexity index is 148. The van der Waals surface area contributed by atoms with E-state index in [4.69, 9.17) is 0 Å². The van der Waals surface area contributed by atoms with Crippen molar-refractivity contribution in [1.29, 1.82) is 0 Å². The summed E-state index contributed by atoms with van der Waals surface area (Å²) in [5.74, 6) is 0. The lowest BCUT2D eigenvalue weighted by Gasteiger charge is -2.43. The molecule has 0 aliphatic rings. The summed E-state index contributed by atoms with van der Waals surface area (Å²) < 4.78 is 0. The molecule has 0 unspecified atom stereocenters. The van der Waals surface area contributed by atoms with Gasteiger partial charge in [-0.1, -0.05) is 0 Å². The van der Waals surface area contributed by atoms with Gasteiger partial charge in [-0.05, 0) is 48.5 Å². The second-order valence-electron chi connectivity index (χ2n) is 5.56. The molecule has 74 valence electrons. The smallest absolute Gasteiger partial charge is 0.0767 e. The summed E-state index contributed by atoms with van der Waals surface area (Å²) in [5, 5.41) is 13.2. The van der Waals surface area contributed by atoms with Gasteiger partial charge < -0.3 is 10.4 Å².